The quantitative estimate of drug-likeness (QED) is 0.423. The van der Waals surface area contributed by atoms with Crippen molar-refractivity contribution >= 4 is 34.0 Å². The van der Waals surface area contributed by atoms with Gasteiger partial charge in [-0.15, -0.1) is 10.2 Å². The molecule has 0 aliphatic carbocycles. The summed E-state index contributed by atoms with van der Waals surface area (Å²) >= 11 is 2.86. The largest absolute Gasteiger partial charge is 0.376 e. The van der Waals surface area contributed by atoms with Gasteiger partial charge in [-0.2, -0.15) is 10.1 Å². The fourth-order valence-corrected chi connectivity index (χ4v) is 4.87. The number of nitrogens with zero attached hydrogens (tertiary/aromatic N) is 5. The van der Waals surface area contributed by atoms with Crippen LogP contribution in [0.2, 0.25) is 0 Å². The van der Waals surface area contributed by atoms with E-state index >= 15 is 0 Å². The fourth-order valence-electron chi connectivity index (χ4n) is 3.23. The van der Waals surface area contributed by atoms with E-state index < -0.39 is 0 Å². The second-order valence-corrected chi connectivity index (χ2v) is 8.73. The number of thioether (sulfide) groups is 1. The molecular weight excluding hydrogens is 398 g/mol. The Balaban J connectivity index is 1.35. The van der Waals surface area contributed by atoms with Gasteiger partial charge in [-0.05, 0) is 32.8 Å². The van der Waals surface area contributed by atoms with Crippen molar-refractivity contribution in [3.63, 3.8) is 0 Å². The fraction of sp³-hybridized carbons (Fsp3) is 0.471. The lowest BCUT2D eigenvalue weighted by Crippen LogP contribution is -2.18. The van der Waals surface area contributed by atoms with Gasteiger partial charge in [0, 0.05) is 30.1 Å². The highest BCUT2D eigenvalue weighted by Crippen LogP contribution is 2.27. The summed E-state index contributed by atoms with van der Waals surface area (Å²) in [5, 5.41) is 19.0. The zero-order chi connectivity index (χ0) is 19.5. The van der Waals surface area contributed by atoms with E-state index in [2.05, 4.69) is 30.7 Å². The van der Waals surface area contributed by atoms with Gasteiger partial charge in [-0.1, -0.05) is 23.1 Å². The van der Waals surface area contributed by atoms with Crippen LogP contribution in [0.5, 0.6) is 0 Å². The molecule has 3 aromatic rings. The number of rotatable bonds is 8. The third-order valence-electron chi connectivity index (χ3n) is 4.58. The molecule has 11 heteroatoms. The Bertz CT molecular complexity index is 945. The number of carbonyl (C=O) groups excluding carboxylic acids is 1. The van der Waals surface area contributed by atoms with Crippen molar-refractivity contribution < 1.29 is 9.53 Å². The molecule has 1 fully saturated rings. The number of ether oxygens (including phenoxy) is 1. The van der Waals surface area contributed by atoms with Crippen molar-refractivity contribution in [1.29, 1.82) is 0 Å². The molecule has 0 spiro atoms. The van der Waals surface area contributed by atoms with Gasteiger partial charge in [0.25, 0.3) is 0 Å². The SMILES string of the molecule is Cc1cc(C(=O)CSc2nnc(NCC3CCCO3)s2)c(C)n1-c1ncn[nH]1. The number of hydrogen-bond donors (Lipinski definition) is 2. The van der Waals surface area contributed by atoms with Crippen molar-refractivity contribution in [2.75, 3.05) is 24.2 Å². The van der Waals surface area contributed by atoms with Crippen LogP contribution in [0.15, 0.2) is 16.7 Å². The highest BCUT2D eigenvalue weighted by Gasteiger charge is 2.19. The Kier molecular flexibility index (Phi) is 5.74. The Morgan fingerprint density at radius 2 is 2.36 bits per heavy atom. The number of ketones is 1. The molecular formula is C17H21N7O2S2. The predicted molar refractivity (Wildman–Crippen MR) is 108 cm³/mol. The Morgan fingerprint density at radius 1 is 1.46 bits per heavy atom. The Morgan fingerprint density at radius 3 is 3.11 bits per heavy atom. The normalized spacial score (nSPS) is 16.6. The molecule has 3 aromatic heterocycles. The average molecular weight is 420 g/mol. The van der Waals surface area contributed by atoms with E-state index in [0.717, 1.165) is 46.9 Å². The van der Waals surface area contributed by atoms with Crippen LogP contribution in [0.3, 0.4) is 0 Å². The third-order valence-corrected chi connectivity index (χ3v) is 6.60. The van der Waals surface area contributed by atoms with Crippen LogP contribution in [0, 0.1) is 13.8 Å². The van der Waals surface area contributed by atoms with Crippen LogP contribution >= 0.6 is 23.1 Å². The number of aromatic nitrogens is 6. The first-order chi connectivity index (χ1) is 13.6. The van der Waals surface area contributed by atoms with Crippen molar-refractivity contribution in [1.82, 2.24) is 29.9 Å². The summed E-state index contributed by atoms with van der Waals surface area (Å²) < 4.78 is 8.25. The zero-order valence-corrected chi connectivity index (χ0v) is 17.3. The van der Waals surface area contributed by atoms with E-state index in [4.69, 9.17) is 4.74 Å². The van der Waals surface area contributed by atoms with Crippen molar-refractivity contribution in [3.8, 4) is 5.95 Å². The third kappa shape index (κ3) is 4.10. The first kappa shape index (κ1) is 19.1. The molecule has 9 nitrogen and oxygen atoms in total. The number of aryl methyl sites for hydroxylation is 1. The number of Topliss-reactive ketones (excluding diaryl/α,β-unsaturated/α-hetero) is 1. The molecule has 1 saturated heterocycles. The molecule has 28 heavy (non-hydrogen) atoms. The van der Waals surface area contributed by atoms with Crippen LogP contribution in [-0.2, 0) is 4.74 Å². The maximum absolute atomic E-state index is 12.7. The van der Waals surface area contributed by atoms with Gasteiger partial charge in [-0.3, -0.25) is 9.36 Å². The topological polar surface area (TPSA) is 111 Å². The van der Waals surface area contributed by atoms with E-state index in [1.165, 1.54) is 29.4 Å². The minimum atomic E-state index is 0.0490. The van der Waals surface area contributed by atoms with E-state index in [0.29, 0.717) is 17.3 Å². The van der Waals surface area contributed by atoms with Gasteiger partial charge >= 0.3 is 0 Å². The van der Waals surface area contributed by atoms with E-state index in [-0.39, 0.29) is 11.9 Å². The van der Waals surface area contributed by atoms with E-state index in [1.54, 1.807) is 0 Å². The van der Waals surface area contributed by atoms with Crippen molar-refractivity contribution in [2.24, 2.45) is 0 Å². The smallest absolute Gasteiger partial charge is 0.229 e. The Labute approximate surface area is 170 Å². The highest BCUT2D eigenvalue weighted by atomic mass is 32.2. The summed E-state index contributed by atoms with van der Waals surface area (Å²) in [7, 11) is 0. The van der Waals surface area contributed by atoms with Gasteiger partial charge < -0.3 is 10.1 Å². The van der Waals surface area contributed by atoms with Gasteiger partial charge in [0.15, 0.2) is 10.1 Å². The van der Waals surface area contributed by atoms with Gasteiger partial charge in [0.2, 0.25) is 11.1 Å². The van der Waals surface area contributed by atoms with E-state index in [1.807, 2.05) is 24.5 Å². The maximum Gasteiger partial charge on any atom is 0.229 e. The number of aromatic amines is 1. The number of H-pyrrole nitrogens is 1. The van der Waals surface area contributed by atoms with Crippen LogP contribution in [0.25, 0.3) is 5.95 Å². The van der Waals surface area contributed by atoms with Crippen LogP contribution < -0.4 is 5.32 Å². The number of anilines is 1. The molecule has 2 N–H and O–H groups in total. The first-order valence-corrected chi connectivity index (χ1v) is 10.8. The summed E-state index contributed by atoms with van der Waals surface area (Å²) in [6.45, 7) is 5.43. The lowest BCUT2D eigenvalue weighted by Gasteiger charge is -2.08. The van der Waals surface area contributed by atoms with Gasteiger partial charge in [0.1, 0.15) is 6.33 Å². The summed E-state index contributed by atoms with van der Waals surface area (Å²) in [5.74, 6) is 0.960. The van der Waals surface area contributed by atoms with Gasteiger partial charge in [-0.25, -0.2) is 5.10 Å². The molecule has 1 atom stereocenters. The second kappa shape index (κ2) is 8.41. The molecule has 4 rings (SSSR count). The lowest BCUT2D eigenvalue weighted by molar-refractivity contribution is 0.102. The standard InChI is InChI=1S/C17H21N7O2S2/c1-10-6-13(11(2)24(10)15-19-9-20-21-15)14(25)8-27-17-23-22-16(28-17)18-7-12-4-3-5-26-12/h6,9,12H,3-5,7-8H2,1-2H3,(H,18,22)(H,19,20,21). The number of hydrogen-bond acceptors (Lipinski definition) is 9. The monoisotopic (exact) mass is 419 g/mol. The highest BCUT2D eigenvalue weighted by molar-refractivity contribution is 8.01. The number of nitrogens with one attached hydrogen (secondary N) is 2. The summed E-state index contributed by atoms with van der Waals surface area (Å²) in [6.07, 6.45) is 3.89. The Hall–Kier alpha value is -2.24. The molecule has 1 aliphatic rings. The summed E-state index contributed by atoms with van der Waals surface area (Å²) in [6, 6.07) is 1.88. The minimum absolute atomic E-state index is 0.0490. The second-order valence-electron chi connectivity index (χ2n) is 6.53. The molecule has 0 amide bonds. The molecule has 0 aromatic carbocycles. The molecule has 0 radical (unpaired) electrons. The number of carbonyl (C=O) groups is 1. The van der Waals surface area contributed by atoms with Crippen molar-refractivity contribution in [2.45, 2.75) is 37.1 Å². The van der Waals surface area contributed by atoms with Crippen LogP contribution in [0.1, 0.15) is 34.6 Å². The summed E-state index contributed by atoms with van der Waals surface area (Å²) in [4.78, 5) is 16.9. The van der Waals surface area contributed by atoms with E-state index in [9.17, 15) is 4.79 Å². The molecule has 4 heterocycles. The average Bonchev–Trinajstić information content (AvgIpc) is 3.46. The zero-order valence-electron chi connectivity index (χ0n) is 15.6. The maximum atomic E-state index is 12.7. The summed E-state index contributed by atoms with van der Waals surface area (Å²) in [5.41, 5.74) is 2.46. The molecule has 148 valence electrons. The first-order valence-electron chi connectivity index (χ1n) is 9.01. The minimum Gasteiger partial charge on any atom is -0.376 e. The lowest BCUT2D eigenvalue weighted by atomic mass is 10.2. The molecule has 1 aliphatic heterocycles. The molecule has 0 bridgehead atoms. The van der Waals surface area contributed by atoms with Crippen LogP contribution in [-0.4, -0.2) is 60.7 Å². The molecule has 1 unspecified atom stereocenters. The van der Waals surface area contributed by atoms with Crippen molar-refractivity contribution in [3.05, 3.63) is 29.3 Å². The van der Waals surface area contributed by atoms with Gasteiger partial charge in [0.05, 0.1) is 11.9 Å². The predicted octanol–water partition coefficient (Wildman–Crippen LogP) is 2.63. The van der Waals surface area contributed by atoms with Crippen LogP contribution in [0.4, 0.5) is 5.13 Å². The molecule has 0 saturated carbocycles.